The fraction of sp³-hybridized carbons (Fsp3) is 0.259. The van der Waals surface area contributed by atoms with E-state index in [9.17, 15) is 9.59 Å². The van der Waals surface area contributed by atoms with E-state index in [0.29, 0.717) is 41.4 Å². The Hall–Kier alpha value is -3.79. The molecule has 1 atom stereocenters. The van der Waals surface area contributed by atoms with Crippen molar-refractivity contribution < 1.29 is 18.7 Å². The van der Waals surface area contributed by atoms with Crippen LogP contribution in [0.4, 0.5) is 10.2 Å². The number of aromatic nitrogens is 3. The Bertz CT molecular complexity index is 1430. The third-order valence-electron chi connectivity index (χ3n) is 6.45. The molecule has 1 unspecified atom stereocenters. The van der Waals surface area contributed by atoms with Crippen LogP contribution in [0.5, 0.6) is 11.5 Å². The first-order valence-electron chi connectivity index (χ1n) is 12.0. The lowest BCUT2D eigenvalue weighted by Gasteiger charge is -2.35. The van der Waals surface area contributed by atoms with E-state index in [-0.39, 0.29) is 28.4 Å². The van der Waals surface area contributed by atoms with E-state index in [1.165, 1.54) is 24.7 Å². The standard InChI is InChI=1S/C27H25BrFN5O3/c28-13-23(35)34-11-5-4-6-17(34)14-30-26-24-21(15-31-27(24)33-16-32-26)25(36)20-10-9-19(12-22(20)29)37-18-7-2-1-3-8-18/h1-3,7-10,12,15-17H,4-6,11,13-14H2,(H2,30,31,32,33). The van der Waals surface area contributed by atoms with Crippen LogP contribution in [-0.4, -0.2) is 56.0 Å². The minimum absolute atomic E-state index is 0.0107. The second-order valence-corrected chi connectivity index (χ2v) is 9.35. The zero-order valence-corrected chi connectivity index (χ0v) is 21.5. The molecule has 4 aromatic rings. The number of para-hydroxylation sites is 1. The van der Waals surface area contributed by atoms with E-state index in [1.807, 2.05) is 23.1 Å². The molecule has 5 rings (SSSR count). The highest BCUT2D eigenvalue weighted by Crippen LogP contribution is 2.29. The third kappa shape index (κ3) is 5.34. The van der Waals surface area contributed by atoms with Crippen LogP contribution in [-0.2, 0) is 4.79 Å². The van der Waals surface area contributed by atoms with Crippen LogP contribution in [0.3, 0.4) is 0 Å². The maximum atomic E-state index is 15.0. The van der Waals surface area contributed by atoms with Crippen LogP contribution < -0.4 is 10.1 Å². The Morgan fingerprint density at radius 1 is 1.11 bits per heavy atom. The summed E-state index contributed by atoms with van der Waals surface area (Å²) in [5.41, 5.74) is 0.630. The van der Waals surface area contributed by atoms with E-state index in [4.69, 9.17) is 4.74 Å². The lowest BCUT2D eigenvalue weighted by Crippen LogP contribution is -2.47. The van der Waals surface area contributed by atoms with E-state index in [2.05, 4.69) is 36.2 Å². The molecule has 1 amide bonds. The number of hydrogen-bond donors (Lipinski definition) is 2. The molecule has 1 fully saturated rings. The second-order valence-electron chi connectivity index (χ2n) is 8.79. The van der Waals surface area contributed by atoms with Crippen LogP contribution in [0, 0.1) is 5.82 Å². The number of ketones is 1. The molecule has 0 aliphatic carbocycles. The number of benzene rings is 2. The van der Waals surface area contributed by atoms with Crippen molar-refractivity contribution in [1.82, 2.24) is 19.9 Å². The van der Waals surface area contributed by atoms with Crippen LogP contribution in [0.25, 0.3) is 11.0 Å². The SMILES string of the molecule is O=C(c1ccc(Oc2ccccc2)cc1F)c1c[nH]c2ncnc(NCC3CCCCN3C(=O)CBr)c12. The largest absolute Gasteiger partial charge is 0.457 e. The summed E-state index contributed by atoms with van der Waals surface area (Å²) in [5.74, 6) is 0.175. The number of H-pyrrole nitrogens is 1. The molecular weight excluding hydrogens is 541 g/mol. The molecule has 2 aromatic carbocycles. The van der Waals surface area contributed by atoms with Gasteiger partial charge in [0.1, 0.15) is 35.1 Å². The van der Waals surface area contributed by atoms with Crippen molar-refractivity contribution in [2.24, 2.45) is 0 Å². The zero-order chi connectivity index (χ0) is 25.8. The predicted molar refractivity (Wildman–Crippen MR) is 142 cm³/mol. The molecule has 1 saturated heterocycles. The summed E-state index contributed by atoms with van der Waals surface area (Å²) in [5, 5.41) is 4.06. The number of likely N-dealkylation sites (tertiary alicyclic amines) is 1. The van der Waals surface area contributed by atoms with Crippen LogP contribution in [0.1, 0.15) is 35.2 Å². The number of piperidine rings is 1. The number of nitrogens with zero attached hydrogens (tertiary/aromatic N) is 3. The van der Waals surface area contributed by atoms with E-state index in [0.717, 1.165) is 19.3 Å². The van der Waals surface area contributed by atoms with Gasteiger partial charge in [0.15, 0.2) is 5.78 Å². The number of nitrogens with one attached hydrogen (secondary N) is 2. The van der Waals surface area contributed by atoms with E-state index < -0.39 is 11.6 Å². The summed E-state index contributed by atoms with van der Waals surface area (Å²) in [6.45, 7) is 1.19. The fourth-order valence-electron chi connectivity index (χ4n) is 4.62. The van der Waals surface area contributed by atoms with Crippen molar-refractivity contribution in [3.05, 3.63) is 78.0 Å². The molecule has 2 aromatic heterocycles. The molecular formula is C27H25BrFN5O3. The van der Waals surface area contributed by atoms with Gasteiger partial charge < -0.3 is 19.9 Å². The fourth-order valence-corrected chi connectivity index (χ4v) is 4.94. The summed E-state index contributed by atoms with van der Waals surface area (Å²) in [4.78, 5) is 39.2. The van der Waals surface area contributed by atoms with Gasteiger partial charge in [0.2, 0.25) is 5.91 Å². The van der Waals surface area contributed by atoms with Crippen molar-refractivity contribution in [3.8, 4) is 11.5 Å². The lowest BCUT2D eigenvalue weighted by atomic mass is 10.0. The molecule has 8 nitrogen and oxygen atoms in total. The summed E-state index contributed by atoms with van der Waals surface area (Å²) >= 11 is 3.26. The Labute approximate surface area is 221 Å². The van der Waals surface area contributed by atoms with Gasteiger partial charge in [-0.1, -0.05) is 34.1 Å². The van der Waals surface area contributed by atoms with Crippen molar-refractivity contribution in [1.29, 1.82) is 0 Å². The summed E-state index contributed by atoms with van der Waals surface area (Å²) < 4.78 is 20.7. The van der Waals surface area contributed by atoms with Gasteiger partial charge in [0, 0.05) is 31.4 Å². The molecule has 0 radical (unpaired) electrons. The molecule has 1 aliphatic rings. The van der Waals surface area contributed by atoms with Crippen molar-refractivity contribution in [3.63, 3.8) is 0 Å². The number of ether oxygens (including phenoxy) is 1. The van der Waals surface area contributed by atoms with Crippen molar-refractivity contribution >= 4 is 44.5 Å². The number of anilines is 1. The molecule has 37 heavy (non-hydrogen) atoms. The monoisotopic (exact) mass is 565 g/mol. The Balaban J connectivity index is 1.38. The highest BCUT2D eigenvalue weighted by atomic mass is 79.9. The number of fused-ring (bicyclic) bond motifs is 1. The first-order chi connectivity index (χ1) is 18.0. The maximum absolute atomic E-state index is 15.0. The van der Waals surface area contributed by atoms with Gasteiger partial charge in [-0.05, 0) is 43.5 Å². The van der Waals surface area contributed by atoms with Gasteiger partial charge in [-0.3, -0.25) is 9.59 Å². The van der Waals surface area contributed by atoms with Crippen LogP contribution in [0.15, 0.2) is 61.1 Å². The average molecular weight is 566 g/mol. The van der Waals surface area contributed by atoms with Gasteiger partial charge >= 0.3 is 0 Å². The van der Waals surface area contributed by atoms with E-state index >= 15 is 4.39 Å². The Morgan fingerprint density at radius 2 is 1.95 bits per heavy atom. The molecule has 1 aliphatic heterocycles. The van der Waals surface area contributed by atoms with Gasteiger partial charge in [-0.25, -0.2) is 14.4 Å². The smallest absolute Gasteiger partial charge is 0.233 e. The topological polar surface area (TPSA) is 100 Å². The summed E-state index contributed by atoms with van der Waals surface area (Å²) in [6.07, 6.45) is 5.80. The third-order valence-corrected chi connectivity index (χ3v) is 6.93. The number of halogens is 2. The van der Waals surface area contributed by atoms with Gasteiger partial charge in [-0.15, -0.1) is 0 Å². The van der Waals surface area contributed by atoms with Crippen LogP contribution in [0.2, 0.25) is 0 Å². The minimum Gasteiger partial charge on any atom is -0.457 e. The summed E-state index contributed by atoms with van der Waals surface area (Å²) in [7, 11) is 0. The maximum Gasteiger partial charge on any atom is 0.233 e. The molecule has 10 heteroatoms. The number of carbonyl (C=O) groups is 2. The Morgan fingerprint density at radius 3 is 2.73 bits per heavy atom. The minimum atomic E-state index is -0.690. The molecule has 2 N–H and O–H groups in total. The van der Waals surface area contributed by atoms with Crippen LogP contribution >= 0.6 is 15.9 Å². The zero-order valence-electron chi connectivity index (χ0n) is 19.9. The highest BCUT2D eigenvalue weighted by Gasteiger charge is 2.27. The number of alkyl halides is 1. The number of carbonyl (C=O) groups excluding carboxylic acids is 2. The molecule has 3 heterocycles. The second kappa shape index (κ2) is 11.1. The molecule has 0 saturated carbocycles. The number of hydrogen-bond acceptors (Lipinski definition) is 6. The lowest BCUT2D eigenvalue weighted by molar-refractivity contribution is -0.131. The first-order valence-corrected chi connectivity index (χ1v) is 13.2. The van der Waals surface area contributed by atoms with Gasteiger partial charge in [-0.2, -0.15) is 0 Å². The summed E-state index contributed by atoms with van der Waals surface area (Å²) in [6, 6.07) is 13.2. The molecule has 0 spiro atoms. The quantitative estimate of drug-likeness (QED) is 0.222. The highest BCUT2D eigenvalue weighted by molar-refractivity contribution is 9.09. The van der Waals surface area contributed by atoms with E-state index in [1.54, 1.807) is 18.2 Å². The normalized spacial score (nSPS) is 15.5. The molecule has 190 valence electrons. The Kier molecular flexibility index (Phi) is 7.45. The number of aromatic amines is 1. The average Bonchev–Trinajstić information content (AvgIpc) is 3.37. The molecule has 0 bridgehead atoms. The van der Waals surface area contributed by atoms with Gasteiger partial charge in [0.25, 0.3) is 0 Å². The predicted octanol–water partition coefficient (Wildman–Crippen LogP) is 5.31. The van der Waals surface area contributed by atoms with Crippen molar-refractivity contribution in [2.75, 3.05) is 23.7 Å². The number of amides is 1. The number of rotatable bonds is 8. The van der Waals surface area contributed by atoms with Gasteiger partial charge in [0.05, 0.1) is 21.8 Å². The first kappa shape index (κ1) is 24.9. The van der Waals surface area contributed by atoms with Crippen molar-refractivity contribution in [2.45, 2.75) is 25.3 Å².